The van der Waals surface area contributed by atoms with Crippen LogP contribution in [-0.4, -0.2) is 22.6 Å². The maximum absolute atomic E-state index is 11.1. The number of carboxylic acid groups (broad SMARTS) is 1. The number of carbonyl (C=O) groups is 1. The lowest BCUT2D eigenvalue weighted by Crippen LogP contribution is -2.36. The van der Waals surface area contributed by atoms with E-state index in [-0.39, 0.29) is 5.56 Å². The number of hydrogen-bond acceptors (Lipinski definition) is 3. The van der Waals surface area contributed by atoms with Crippen molar-refractivity contribution < 1.29 is 9.90 Å². The van der Waals surface area contributed by atoms with Crippen LogP contribution in [0.25, 0.3) is 0 Å². The van der Waals surface area contributed by atoms with Crippen molar-refractivity contribution in [2.24, 2.45) is 5.41 Å². The SMILES string of the molecule is CCC1(CNc2nc(Cl)ccc2C(=O)O)CCC1. The monoisotopic (exact) mass is 268 g/mol. The van der Waals surface area contributed by atoms with Crippen LogP contribution in [0.2, 0.25) is 5.15 Å². The Hall–Kier alpha value is -1.29. The van der Waals surface area contributed by atoms with Gasteiger partial charge in [0, 0.05) is 6.54 Å². The van der Waals surface area contributed by atoms with Gasteiger partial charge in [0.1, 0.15) is 16.5 Å². The molecule has 1 heterocycles. The Morgan fingerprint density at radius 3 is 2.78 bits per heavy atom. The normalized spacial score (nSPS) is 17.0. The number of aromatic nitrogens is 1. The second kappa shape index (κ2) is 5.14. The summed E-state index contributed by atoms with van der Waals surface area (Å²) in [4.78, 5) is 15.2. The van der Waals surface area contributed by atoms with Crippen molar-refractivity contribution >= 4 is 23.4 Å². The van der Waals surface area contributed by atoms with Crippen molar-refractivity contribution in [3.63, 3.8) is 0 Å². The molecule has 0 atom stereocenters. The smallest absolute Gasteiger partial charge is 0.339 e. The highest BCUT2D eigenvalue weighted by atomic mass is 35.5. The number of pyridine rings is 1. The van der Waals surface area contributed by atoms with Crippen molar-refractivity contribution in [1.29, 1.82) is 0 Å². The van der Waals surface area contributed by atoms with Crippen LogP contribution in [0.5, 0.6) is 0 Å². The summed E-state index contributed by atoms with van der Waals surface area (Å²) in [6.45, 7) is 2.93. The second-order valence-electron chi connectivity index (χ2n) is 4.90. The summed E-state index contributed by atoms with van der Waals surface area (Å²) in [6.07, 6.45) is 4.74. The highest BCUT2D eigenvalue weighted by Gasteiger charge is 2.35. The van der Waals surface area contributed by atoms with E-state index < -0.39 is 5.97 Å². The number of nitrogens with one attached hydrogen (secondary N) is 1. The van der Waals surface area contributed by atoms with Crippen LogP contribution in [0, 0.1) is 5.41 Å². The molecule has 1 saturated carbocycles. The van der Waals surface area contributed by atoms with E-state index in [1.54, 1.807) is 0 Å². The fraction of sp³-hybridized carbons (Fsp3) is 0.538. The summed E-state index contributed by atoms with van der Waals surface area (Å²) >= 11 is 5.81. The van der Waals surface area contributed by atoms with E-state index in [0.717, 1.165) is 13.0 Å². The summed E-state index contributed by atoms with van der Waals surface area (Å²) in [5, 5.41) is 12.6. The molecule has 5 heteroatoms. The summed E-state index contributed by atoms with van der Waals surface area (Å²) < 4.78 is 0. The molecule has 0 unspecified atom stereocenters. The molecule has 0 radical (unpaired) electrons. The number of aromatic carboxylic acids is 1. The Bertz CT molecular complexity index is 453. The van der Waals surface area contributed by atoms with Crippen molar-refractivity contribution in [1.82, 2.24) is 4.98 Å². The standard InChI is InChI=1S/C13H17ClN2O2/c1-2-13(6-3-7-13)8-15-11-9(12(17)18)4-5-10(14)16-11/h4-5H,2-3,6-8H2,1H3,(H,15,16)(H,17,18). The van der Waals surface area contributed by atoms with Crippen LogP contribution in [0.4, 0.5) is 5.82 Å². The molecule has 1 aromatic rings. The molecular weight excluding hydrogens is 252 g/mol. The zero-order chi connectivity index (χ0) is 13.2. The zero-order valence-electron chi connectivity index (χ0n) is 10.4. The number of carboxylic acids is 1. The van der Waals surface area contributed by atoms with Crippen molar-refractivity contribution in [3.05, 3.63) is 22.8 Å². The maximum atomic E-state index is 11.1. The number of hydrogen-bond donors (Lipinski definition) is 2. The van der Waals surface area contributed by atoms with E-state index in [4.69, 9.17) is 16.7 Å². The quantitative estimate of drug-likeness (QED) is 0.803. The van der Waals surface area contributed by atoms with Gasteiger partial charge in [-0.25, -0.2) is 9.78 Å². The van der Waals surface area contributed by atoms with Crippen LogP contribution in [0.15, 0.2) is 12.1 Å². The minimum Gasteiger partial charge on any atom is -0.478 e. The molecule has 0 aliphatic heterocycles. The molecule has 0 bridgehead atoms. The molecule has 98 valence electrons. The predicted octanol–water partition coefficient (Wildman–Crippen LogP) is 3.43. The van der Waals surface area contributed by atoms with E-state index in [1.165, 1.54) is 31.4 Å². The molecule has 0 saturated heterocycles. The zero-order valence-corrected chi connectivity index (χ0v) is 11.1. The molecule has 0 spiro atoms. The summed E-state index contributed by atoms with van der Waals surface area (Å²) in [7, 11) is 0. The summed E-state index contributed by atoms with van der Waals surface area (Å²) in [6, 6.07) is 2.98. The maximum Gasteiger partial charge on any atom is 0.339 e. The number of rotatable bonds is 5. The highest BCUT2D eigenvalue weighted by molar-refractivity contribution is 6.29. The van der Waals surface area contributed by atoms with Crippen LogP contribution in [0.3, 0.4) is 0 Å². The second-order valence-corrected chi connectivity index (χ2v) is 5.28. The molecule has 2 rings (SSSR count). The van der Waals surface area contributed by atoms with Gasteiger partial charge >= 0.3 is 5.97 Å². The average molecular weight is 269 g/mol. The van der Waals surface area contributed by atoms with E-state index >= 15 is 0 Å². The first-order valence-corrected chi connectivity index (χ1v) is 6.58. The lowest BCUT2D eigenvalue weighted by Gasteiger charge is -2.41. The van der Waals surface area contributed by atoms with Crippen molar-refractivity contribution in [2.75, 3.05) is 11.9 Å². The molecule has 0 aromatic carbocycles. The van der Waals surface area contributed by atoms with E-state index in [1.807, 2.05) is 0 Å². The van der Waals surface area contributed by atoms with Crippen molar-refractivity contribution in [3.8, 4) is 0 Å². The van der Waals surface area contributed by atoms with Gasteiger partial charge in [0.25, 0.3) is 0 Å². The molecule has 0 amide bonds. The number of halogens is 1. The molecule has 1 aliphatic carbocycles. The summed E-state index contributed by atoms with van der Waals surface area (Å²) in [5.41, 5.74) is 0.477. The van der Waals surface area contributed by atoms with Gasteiger partial charge in [-0.1, -0.05) is 24.9 Å². The molecule has 18 heavy (non-hydrogen) atoms. The van der Waals surface area contributed by atoms with E-state index in [0.29, 0.717) is 16.4 Å². The first-order valence-electron chi connectivity index (χ1n) is 6.20. The predicted molar refractivity (Wildman–Crippen MR) is 71.3 cm³/mol. The number of anilines is 1. The Kier molecular flexibility index (Phi) is 3.76. The van der Waals surface area contributed by atoms with Gasteiger partial charge in [-0.2, -0.15) is 0 Å². The topological polar surface area (TPSA) is 62.2 Å². The van der Waals surface area contributed by atoms with Crippen molar-refractivity contribution in [2.45, 2.75) is 32.6 Å². The fourth-order valence-electron chi connectivity index (χ4n) is 2.35. The van der Waals surface area contributed by atoms with Gasteiger partial charge in [0.05, 0.1) is 0 Å². The van der Waals surface area contributed by atoms with Gasteiger partial charge in [-0.05, 0) is 36.8 Å². The van der Waals surface area contributed by atoms with Crippen LogP contribution < -0.4 is 5.32 Å². The first-order chi connectivity index (χ1) is 8.56. The van der Waals surface area contributed by atoms with Gasteiger partial charge < -0.3 is 10.4 Å². The minimum absolute atomic E-state index is 0.171. The largest absolute Gasteiger partial charge is 0.478 e. The van der Waals surface area contributed by atoms with E-state index in [9.17, 15) is 4.79 Å². The molecule has 2 N–H and O–H groups in total. The molecular formula is C13H17ClN2O2. The Morgan fingerprint density at radius 1 is 1.56 bits per heavy atom. The third-order valence-electron chi connectivity index (χ3n) is 3.89. The third-order valence-corrected chi connectivity index (χ3v) is 4.10. The van der Waals surface area contributed by atoms with E-state index in [2.05, 4.69) is 17.2 Å². The van der Waals surface area contributed by atoms with Crippen LogP contribution >= 0.6 is 11.6 Å². The first kappa shape index (κ1) is 13.1. The Labute approximate surface area is 111 Å². The Morgan fingerprint density at radius 2 is 2.28 bits per heavy atom. The van der Waals surface area contributed by atoms with Gasteiger partial charge in [-0.15, -0.1) is 0 Å². The molecule has 1 aliphatic rings. The minimum atomic E-state index is -0.985. The lowest BCUT2D eigenvalue weighted by atomic mass is 9.67. The average Bonchev–Trinajstić information content (AvgIpc) is 2.28. The van der Waals surface area contributed by atoms with Crippen LogP contribution in [0.1, 0.15) is 43.0 Å². The molecule has 1 fully saturated rings. The molecule has 1 aromatic heterocycles. The molecule has 4 nitrogen and oxygen atoms in total. The fourth-order valence-corrected chi connectivity index (χ4v) is 2.49. The van der Waals surface area contributed by atoms with Gasteiger partial charge in [0.15, 0.2) is 0 Å². The third kappa shape index (κ3) is 2.58. The summed E-state index contributed by atoms with van der Waals surface area (Å²) in [5.74, 6) is -0.615. The van der Waals surface area contributed by atoms with Crippen LogP contribution in [-0.2, 0) is 0 Å². The van der Waals surface area contributed by atoms with Gasteiger partial charge in [-0.3, -0.25) is 0 Å². The highest BCUT2D eigenvalue weighted by Crippen LogP contribution is 2.43. The van der Waals surface area contributed by atoms with Gasteiger partial charge in [0.2, 0.25) is 0 Å². The Balaban J connectivity index is 2.12. The lowest BCUT2D eigenvalue weighted by molar-refractivity contribution is 0.0697. The number of nitrogens with zero attached hydrogens (tertiary/aromatic N) is 1.